The molecule has 0 saturated heterocycles. The molecule has 3 nitrogen and oxygen atoms in total. The van der Waals surface area contributed by atoms with Crippen LogP contribution < -0.4 is 10.6 Å². The molecule has 3 heteroatoms. The zero-order chi connectivity index (χ0) is 14.5. The van der Waals surface area contributed by atoms with Gasteiger partial charge in [0.15, 0.2) is 0 Å². The monoisotopic (exact) mass is 268 g/mol. The minimum Gasteiger partial charge on any atom is -0.355 e. The zero-order valence-electron chi connectivity index (χ0n) is 13.4. The van der Waals surface area contributed by atoms with Gasteiger partial charge in [-0.1, -0.05) is 34.1 Å². The fraction of sp³-hybridized carbons (Fsp3) is 0.938. The Labute approximate surface area is 118 Å². The second-order valence-electron chi connectivity index (χ2n) is 7.32. The quantitative estimate of drug-likeness (QED) is 0.777. The van der Waals surface area contributed by atoms with Gasteiger partial charge in [0.1, 0.15) is 0 Å². The van der Waals surface area contributed by atoms with E-state index >= 15 is 0 Å². The van der Waals surface area contributed by atoms with Gasteiger partial charge in [-0.2, -0.15) is 0 Å². The van der Waals surface area contributed by atoms with Gasteiger partial charge in [0.2, 0.25) is 5.91 Å². The van der Waals surface area contributed by atoms with Gasteiger partial charge >= 0.3 is 0 Å². The number of hydrogen-bond acceptors (Lipinski definition) is 2. The molecular weight excluding hydrogens is 236 g/mol. The summed E-state index contributed by atoms with van der Waals surface area (Å²) in [4.78, 5) is 12.0. The highest BCUT2D eigenvalue weighted by atomic mass is 16.2. The normalized spacial score (nSPS) is 24.2. The molecule has 2 unspecified atom stereocenters. The Bertz CT molecular complexity index is 286. The molecule has 1 rings (SSSR count). The van der Waals surface area contributed by atoms with Crippen molar-refractivity contribution in [2.45, 2.75) is 78.8 Å². The third-order valence-corrected chi connectivity index (χ3v) is 4.11. The van der Waals surface area contributed by atoms with Crippen molar-refractivity contribution >= 4 is 5.91 Å². The summed E-state index contributed by atoms with van der Waals surface area (Å²) in [5.74, 6) is 0.784. The summed E-state index contributed by atoms with van der Waals surface area (Å²) in [7, 11) is 0. The zero-order valence-corrected chi connectivity index (χ0v) is 13.4. The maximum atomic E-state index is 12.0. The average Bonchev–Trinajstić information content (AvgIpc) is 2.26. The molecule has 19 heavy (non-hydrogen) atoms. The van der Waals surface area contributed by atoms with Gasteiger partial charge < -0.3 is 10.6 Å². The van der Waals surface area contributed by atoms with E-state index in [1.54, 1.807) is 0 Å². The molecule has 1 fully saturated rings. The summed E-state index contributed by atoms with van der Waals surface area (Å²) >= 11 is 0. The lowest BCUT2D eigenvalue weighted by molar-refractivity contribution is -0.123. The van der Waals surface area contributed by atoms with E-state index < -0.39 is 0 Å². The fourth-order valence-electron chi connectivity index (χ4n) is 2.91. The number of carbonyl (C=O) groups is 1. The molecule has 0 aliphatic heterocycles. The fourth-order valence-corrected chi connectivity index (χ4v) is 2.91. The highest BCUT2D eigenvalue weighted by molar-refractivity contribution is 5.81. The summed E-state index contributed by atoms with van der Waals surface area (Å²) in [6.07, 6.45) is 6.01. The van der Waals surface area contributed by atoms with Gasteiger partial charge in [-0.3, -0.25) is 4.79 Å². The van der Waals surface area contributed by atoms with E-state index in [1.807, 2.05) is 6.92 Å². The molecule has 1 saturated carbocycles. The van der Waals surface area contributed by atoms with Crippen molar-refractivity contribution in [1.29, 1.82) is 0 Å². The molecule has 0 radical (unpaired) electrons. The molecule has 1 amide bonds. The maximum Gasteiger partial charge on any atom is 0.236 e. The van der Waals surface area contributed by atoms with Gasteiger partial charge in [-0.25, -0.2) is 0 Å². The van der Waals surface area contributed by atoms with Crippen molar-refractivity contribution in [3.8, 4) is 0 Å². The average molecular weight is 268 g/mol. The molecule has 112 valence electrons. The van der Waals surface area contributed by atoms with E-state index in [-0.39, 0.29) is 11.9 Å². The molecule has 0 spiro atoms. The van der Waals surface area contributed by atoms with Gasteiger partial charge in [-0.15, -0.1) is 0 Å². The largest absolute Gasteiger partial charge is 0.355 e. The molecule has 0 aromatic carbocycles. The van der Waals surface area contributed by atoms with Gasteiger partial charge in [0, 0.05) is 12.6 Å². The predicted octanol–water partition coefficient (Wildman–Crippen LogP) is 3.10. The lowest BCUT2D eigenvalue weighted by Gasteiger charge is -2.36. The van der Waals surface area contributed by atoms with Crippen molar-refractivity contribution in [3.63, 3.8) is 0 Å². The number of hydrogen-bond donors (Lipinski definition) is 2. The van der Waals surface area contributed by atoms with Crippen LogP contribution in [0, 0.1) is 11.3 Å². The standard InChI is InChI=1S/C16H32N2O/c1-12(2)8-10-17-15(19)13(3)18-14-7-6-9-16(4,5)11-14/h12-14,18H,6-11H2,1-5H3,(H,17,19). The predicted molar refractivity (Wildman–Crippen MR) is 81.1 cm³/mol. The van der Waals surface area contributed by atoms with Gasteiger partial charge in [-0.05, 0) is 43.9 Å². The highest BCUT2D eigenvalue weighted by Crippen LogP contribution is 2.35. The van der Waals surface area contributed by atoms with Crippen LogP contribution in [0.1, 0.15) is 66.7 Å². The van der Waals surface area contributed by atoms with E-state index in [9.17, 15) is 4.79 Å². The Hall–Kier alpha value is -0.570. The van der Waals surface area contributed by atoms with Crippen LogP contribution in [0.2, 0.25) is 0 Å². The SMILES string of the molecule is CC(C)CCNC(=O)C(C)NC1CCCC(C)(C)C1. The number of rotatable bonds is 6. The molecule has 0 aromatic rings. The third-order valence-electron chi connectivity index (χ3n) is 4.11. The Morgan fingerprint density at radius 3 is 2.58 bits per heavy atom. The van der Waals surface area contributed by atoms with Crippen molar-refractivity contribution in [3.05, 3.63) is 0 Å². The Balaban J connectivity index is 2.29. The van der Waals surface area contributed by atoms with Crippen molar-refractivity contribution in [1.82, 2.24) is 10.6 Å². The third kappa shape index (κ3) is 6.42. The van der Waals surface area contributed by atoms with Crippen LogP contribution >= 0.6 is 0 Å². The van der Waals surface area contributed by atoms with Crippen LogP contribution in [0.5, 0.6) is 0 Å². The lowest BCUT2D eigenvalue weighted by atomic mass is 9.75. The Morgan fingerprint density at radius 1 is 1.32 bits per heavy atom. The van der Waals surface area contributed by atoms with Crippen LogP contribution in [0.3, 0.4) is 0 Å². The molecule has 1 aliphatic carbocycles. The van der Waals surface area contributed by atoms with E-state index in [0.717, 1.165) is 13.0 Å². The van der Waals surface area contributed by atoms with E-state index in [0.29, 0.717) is 17.4 Å². The second-order valence-corrected chi connectivity index (χ2v) is 7.32. The highest BCUT2D eigenvalue weighted by Gasteiger charge is 2.29. The number of nitrogens with one attached hydrogen (secondary N) is 2. The minimum absolute atomic E-state index is 0.0777. The molecule has 2 atom stereocenters. The number of amides is 1. The van der Waals surface area contributed by atoms with E-state index in [4.69, 9.17) is 0 Å². The van der Waals surface area contributed by atoms with E-state index in [1.165, 1.54) is 25.7 Å². The van der Waals surface area contributed by atoms with Crippen LogP contribution in [0.15, 0.2) is 0 Å². The minimum atomic E-state index is -0.0777. The molecule has 0 heterocycles. The summed E-state index contributed by atoms with van der Waals surface area (Å²) < 4.78 is 0. The summed E-state index contributed by atoms with van der Waals surface area (Å²) in [6, 6.07) is 0.417. The van der Waals surface area contributed by atoms with Crippen LogP contribution in [0.4, 0.5) is 0 Å². The lowest BCUT2D eigenvalue weighted by Crippen LogP contribution is -2.49. The first-order valence-corrected chi connectivity index (χ1v) is 7.84. The first-order chi connectivity index (χ1) is 8.80. The van der Waals surface area contributed by atoms with Gasteiger partial charge in [0.05, 0.1) is 6.04 Å². The maximum absolute atomic E-state index is 12.0. The van der Waals surface area contributed by atoms with Crippen LogP contribution in [-0.2, 0) is 4.79 Å². The van der Waals surface area contributed by atoms with E-state index in [2.05, 4.69) is 38.3 Å². The molecular formula is C16H32N2O. The Kier molecular flexibility index (Phi) is 6.31. The Morgan fingerprint density at radius 2 is 2.00 bits per heavy atom. The summed E-state index contributed by atoms with van der Waals surface area (Å²) in [5, 5.41) is 6.52. The van der Waals surface area contributed by atoms with Crippen molar-refractivity contribution < 1.29 is 4.79 Å². The van der Waals surface area contributed by atoms with Crippen LogP contribution in [-0.4, -0.2) is 24.5 Å². The van der Waals surface area contributed by atoms with Crippen molar-refractivity contribution in [2.24, 2.45) is 11.3 Å². The molecule has 0 bridgehead atoms. The second kappa shape index (κ2) is 7.28. The molecule has 2 N–H and O–H groups in total. The molecule has 1 aliphatic rings. The first kappa shape index (κ1) is 16.5. The molecule has 0 aromatic heterocycles. The smallest absolute Gasteiger partial charge is 0.236 e. The van der Waals surface area contributed by atoms with Crippen LogP contribution in [0.25, 0.3) is 0 Å². The summed E-state index contributed by atoms with van der Waals surface area (Å²) in [6.45, 7) is 11.8. The first-order valence-electron chi connectivity index (χ1n) is 7.84. The van der Waals surface area contributed by atoms with Gasteiger partial charge in [0.25, 0.3) is 0 Å². The number of carbonyl (C=O) groups excluding carboxylic acids is 1. The topological polar surface area (TPSA) is 41.1 Å². The summed E-state index contributed by atoms with van der Waals surface area (Å²) in [5.41, 5.74) is 0.420. The van der Waals surface area contributed by atoms with Crippen molar-refractivity contribution in [2.75, 3.05) is 6.54 Å².